The molecule has 0 saturated carbocycles. The normalized spacial score (nSPS) is 12.5. The fourth-order valence-electron chi connectivity index (χ4n) is 1.53. The number of rotatable bonds is 6. The van der Waals surface area contributed by atoms with Gasteiger partial charge in [-0.25, -0.2) is 4.39 Å². The topological polar surface area (TPSA) is 21.3 Å². The average Bonchev–Trinajstić information content (AvgIpc) is 2.27. The SMILES string of the molecule is CCNC(C)c1ccccc1OCCF. The van der Waals surface area contributed by atoms with Crippen LogP contribution < -0.4 is 10.1 Å². The van der Waals surface area contributed by atoms with E-state index in [0.717, 1.165) is 17.9 Å². The minimum Gasteiger partial charge on any atom is -0.491 e. The molecule has 1 atom stereocenters. The summed E-state index contributed by atoms with van der Waals surface area (Å²) in [7, 11) is 0. The molecule has 0 aromatic heterocycles. The Balaban J connectivity index is 2.75. The molecule has 0 spiro atoms. The summed E-state index contributed by atoms with van der Waals surface area (Å²) < 4.78 is 17.4. The van der Waals surface area contributed by atoms with Crippen molar-refractivity contribution in [3.05, 3.63) is 29.8 Å². The largest absolute Gasteiger partial charge is 0.491 e. The Morgan fingerprint density at radius 1 is 1.40 bits per heavy atom. The van der Waals surface area contributed by atoms with Gasteiger partial charge < -0.3 is 10.1 Å². The summed E-state index contributed by atoms with van der Waals surface area (Å²) in [6.07, 6.45) is 0. The molecule has 0 saturated heterocycles. The number of nitrogens with one attached hydrogen (secondary N) is 1. The quantitative estimate of drug-likeness (QED) is 0.781. The lowest BCUT2D eigenvalue weighted by Crippen LogP contribution is -2.18. The smallest absolute Gasteiger partial charge is 0.124 e. The second-order valence-corrected chi connectivity index (χ2v) is 3.35. The molecule has 2 nitrogen and oxygen atoms in total. The van der Waals surface area contributed by atoms with E-state index in [4.69, 9.17) is 4.74 Å². The van der Waals surface area contributed by atoms with Crippen LogP contribution in [0.15, 0.2) is 24.3 Å². The maximum Gasteiger partial charge on any atom is 0.124 e. The molecule has 1 rings (SSSR count). The van der Waals surface area contributed by atoms with Crippen molar-refractivity contribution in [1.29, 1.82) is 0 Å². The van der Waals surface area contributed by atoms with Crippen LogP contribution in [0, 0.1) is 0 Å². The van der Waals surface area contributed by atoms with Gasteiger partial charge in [-0.3, -0.25) is 0 Å². The van der Waals surface area contributed by atoms with Crippen molar-refractivity contribution in [2.45, 2.75) is 19.9 Å². The fraction of sp³-hybridized carbons (Fsp3) is 0.500. The van der Waals surface area contributed by atoms with Crippen LogP contribution in [0.2, 0.25) is 0 Å². The predicted molar refractivity (Wildman–Crippen MR) is 60.0 cm³/mol. The molecule has 3 heteroatoms. The minimum atomic E-state index is -0.454. The van der Waals surface area contributed by atoms with E-state index >= 15 is 0 Å². The zero-order chi connectivity index (χ0) is 11.1. The first kappa shape index (κ1) is 12.0. The van der Waals surface area contributed by atoms with Gasteiger partial charge in [0.05, 0.1) is 0 Å². The third-order valence-corrected chi connectivity index (χ3v) is 2.23. The molecular weight excluding hydrogens is 193 g/mol. The number of hydrogen-bond acceptors (Lipinski definition) is 2. The Hall–Kier alpha value is -1.09. The first-order valence-electron chi connectivity index (χ1n) is 5.30. The standard InChI is InChI=1S/C12H18FNO/c1-3-14-10(2)11-6-4-5-7-12(11)15-9-8-13/h4-7,10,14H,3,8-9H2,1-2H3. The van der Waals surface area contributed by atoms with Gasteiger partial charge in [0.15, 0.2) is 0 Å². The van der Waals surface area contributed by atoms with Gasteiger partial charge in [0, 0.05) is 11.6 Å². The van der Waals surface area contributed by atoms with E-state index in [1.807, 2.05) is 24.3 Å². The van der Waals surface area contributed by atoms with Gasteiger partial charge in [0.1, 0.15) is 19.0 Å². The predicted octanol–water partition coefficient (Wildman–Crippen LogP) is 2.71. The van der Waals surface area contributed by atoms with E-state index in [0.29, 0.717) is 0 Å². The number of ether oxygens (including phenoxy) is 1. The maximum absolute atomic E-state index is 12.0. The van der Waals surface area contributed by atoms with E-state index in [-0.39, 0.29) is 12.6 Å². The van der Waals surface area contributed by atoms with Crippen LogP contribution in [0.3, 0.4) is 0 Å². The Kier molecular flexibility index (Phi) is 5.12. The summed E-state index contributed by atoms with van der Waals surface area (Å²) in [4.78, 5) is 0. The molecule has 84 valence electrons. The first-order chi connectivity index (χ1) is 7.29. The Labute approximate surface area is 90.4 Å². The highest BCUT2D eigenvalue weighted by Gasteiger charge is 2.09. The van der Waals surface area contributed by atoms with Gasteiger partial charge in [-0.15, -0.1) is 0 Å². The molecule has 0 aliphatic carbocycles. The van der Waals surface area contributed by atoms with Gasteiger partial charge in [-0.2, -0.15) is 0 Å². The van der Waals surface area contributed by atoms with E-state index in [9.17, 15) is 4.39 Å². The lowest BCUT2D eigenvalue weighted by Gasteiger charge is -2.16. The molecule has 1 aromatic carbocycles. The van der Waals surface area contributed by atoms with Crippen LogP contribution in [-0.2, 0) is 0 Å². The van der Waals surface area contributed by atoms with Crippen molar-refractivity contribution in [3.8, 4) is 5.75 Å². The summed E-state index contributed by atoms with van der Waals surface area (Å²) in [6.45, 7) is 4.70. The van der Waals surface area contributed by atoms with Gasteiger partial charge in [-0.05, 0) is 19.5 Å². The van der Waals surface area contributed by atoms with Gasteiger partial charge in [-0.1, -0.05) is 25.1 Å². The van der Waals surface area contributed by atoms with Gasteiger partial charge in [0.2, 0.25) is 0 Å². The summed E-state index contributed by atoms with van der Waals surface area (Å²) in [5.41, 5.74) is 1.08. The van der Waals surface area contributed by atoms with E-state index in [1.54, 1.807) is 0 Å². The van der Waals surface area contributed by atoms with Crippen LogP contribution in [0.1, 0.15) is 25.5 Å². The zero-order valence-corrected chi connectivity index (χ0v) is 9.29. The lowest BCUT2D eigenvalue weighted by molar-refractivity contribution is 0.269. The molecule has 0 aliphatic heterocycles. The molecule has 1 unspecified atom stereocenters. The third kappa shape index (κ3) is 3.51. The van der Waals surface area contributed by atoms with Gasteiger partial charge in [0.25, 0.3) is 0 Å². The summed E-state index contributed by atoms with van der Waals surface area (Å²) in [5.74, 6) is 0.767. The summed E-state index contributed by atoms with van der Waals surface area (Å²) in [6, 6.07) is 7.96. The van der Waals surface area contributed by atoms with Crippen LogP contribution in [-0.4, -0.2) is 19.8 Å². The second-order valence-electron chi connectivity index (χ2n) is 3.35. The molecule has 0 heterocycles. The molecule has 0 radical (unpaired) electrons. The van der Waals surface area contributed by atoms with Crippen molar-refractivity contribution in [3.63, 3.8) is 0 Å². The van der Waals surface area contributed by atoms with Crippen molar-refractivity contribution < 1.29 is 9.13 Å². The highest BCUT2D eigenvalue weighted by Crippen LogP contribution is 2.24. The van der Waals surface area contributed by atoms with Gasteiger partial charge >= 0.3 is 0 Å². The van der Waals surface area contributed by atoms with Crippen LogP contribution >= 0.6 is 0 Å². The Morgan fingerprint density at radius 2 is 2.13 bits per heavy atom. The minimum absolute atomic E-state index is 0.121. The van der Waals surface area contributed by atoms with Crippen LogP contribution in [0.25, 0.3) is 0 Å². The Bertz CT molecular complexity index is 291. The molecule has 15 heavy (non-hydrogen) atoms. The van der Waals surface area contributed by atoms with E-state index < -0.39 is 6.67 Å². The van der Waals surface area contributed by atoms with Crippen LogP contribution in [0.5, 0.6) is 5.75 Å². The number of hydrogen-bond donors (Lipinski definition) is 1. The third-order valence-electron chi connectivity index (χ3n) is 2.23. The number of halogens is 1. The lowest BCUT2D eigenvalue weighted by atomic mass is 10.1. The van der Waals surface area contributed by atoms with Crippen molar-refractivity contribution >= 4 is 0 Å². The molecule has 0 bridgehead atoms. The maximum atomic E-state index is 12.0. The summed E-state index contributed by atoms with van der Waals surface area (Å²) in [5, 5.41) is 3.30. The molecule has 1 N–H and O–H groups in total. The van der Waals surface area contributed by atoms with Crippen molar-refractivity contribution in [2.24, 2.45) is 0 Å². The highest BCUT2D eigenvalue weighted by atomic mass is 19.1. The molecule has 1 aromatic rings. The molecular formula is C12H18FNO. The van der Waals surface area contributed by atoms with E-state index in [1.165, 1.54) is 0 Å². The zero-order valence-electron chi connectivity index (χ0n) is 9.29. The highest BCUT2D eigenvalue weighted by molar-refractivity contribution is 5.35. The summed E-state index contributed by atoms with van der Waals surface area (Å²) >= 11 is 0. The number of para-hydroxylation sites is 1. The average molecular weight is 211 g/mol. The Morgan fingerprint density at radius 3 is 2.80 bits per heavy atom. The first-order valence-corrected chi connectivity index (χ1v) is 5.30. The molecule has 0 aliphatic rings. The number of benzene rings is 1. The fourth-order valence-corrected chi connectivity index (χ4v) is 1.53. The van der Waals surface area contributed by atoms with E-state index in [2.05, 4.69) is 19.2 Å². The monoisotopic (exact) mass is 211 g/mol. The van der Waals surface area contributed by atoms with Crippen LogP contribution in [0.4, 0.5) is 4.39 Å². The van der Waals surface area contributed by atoms with Crippen molar-refractivity contribution in [2.75, 3.05) is 19.8 Å². The number of alkyl halides is 1. The molecule has 0 amide bonds. The molecule has 0 fully saturated rings. The van der Waals surface area contributed by atoms with Crippen molar-refractivity contribution in [1.82, 2.24) is 5.32 Å². The second kappa shape index (κ2) is 6.40.